The standard InChI is InChI=1S/C14H11F4N5S/c1-23-10(4-12(22-23)14(16,17)18)11-7-21-13(24-11)20-5-8-2-3-19-6-9(8)15/h2-4,6-7H,5H2,1H3,(H,20,21). The van der Waals surface area contributed by atoms with Gasteiger partial charge in [-0.2, -0.15) is 18.3 Å². The highest BCUT2D eigenvalue weighted by Crippen LogP contribution is 2.34. The molecule has 1 N–H and O–H groups in total. The number of nitrogens with one attached hydrogen (secondary N) is 1. The van der Waals surface area contributed by atoms with E-state index in [9.17, 15) is 17.6 Å². The van der Waals surface area contributed by atoms with Crippen LogP contribution in [0.1, 0.15) is 11.3 Å². The number of hydrogen-bond donors (Lipinski definition) is 1. The van der Waals surface area contributed by atoms with E-state index in [4.69, 9.17) is 0 Å². The fraction of sp³-hybridized carbons (Fsp3) is 0.214. The predicted octanol–water partition coefficient (Wildman–Crippen LogP) is 3.71. The first-order valence-electron chi connectivity index (χ1n) is 6.74. The Morgan fingerprint density at radius 3 is 2.75 bits per heavy atom. The summed E-state index contributed by atoms with van der Waals surface area (Å²) in [6.07, 6.45) is -0.464. The molecule has 0 aliphatic heterocycles. The van der Waals surface area contributed by atoms with Gasteiger partial charge in [0.05, 0.1) is 16.8 Å². The van der Waals surface area contributed by atoms with Crippen LogP contribution in [0.2, 0.25) is 0 Å². The van der Waals surface area contributed by atoms with Crippen LogP contribution in [0.15, 0.2) is 30.7 Å². The summed E-state index contributed by atoms with van der Waals surface area (Å²) < 4.78 is 52.8. The maximum absolute atomic E-state index is 13.5. The van der Waals surface area contributed by atoms with Gasteiger partial charge >= 0.3 is 6.18 Å². The summed E-state index contributed by atoms with van der Waals surface area (Å²) in [5.41, 5.74) is -0.230. The summed E-state index contributed by atoms with van der Waals surface area (Å²) in [7, 11) is 1.43. The molecule has 0 atom stereocenters. The topological polar surface area (TPSA) is 55.6 Å². The second-order valence-electron chi connectivity index (χ2n) is 4.89. The molecule has 3 aromatic heterocycles. The Bertz CT molecular complexity index is 855. The molecule has 0 saturated carbocycles. The molecule has 0 aliphatic carbocycles. The van der Waals surface area contributed by atoms with Crippen molar-refractivity contribution >= 4 is 16.5 Å². The van der Waals surface area contributed by atoms with Gasteiger partial charge in [0, 0.05) is 31.5 Å². The van der Waals surface area contributed by atoms with E-state index in [0.717, 1.165) is 28.3 Å². The second kappa shape index (κ2) is 6.19. The number of alkyl halides is 3. The normalized spacial score (nSPS) is 11.7. The van der Waals surface area contributed by atoms with Crippen LogP contribution in [-0.2, 0) is 19.8 Å². The lowest BCUT2D eigenvalue weighted by Gasteiger charge is -2.03. The smallest absolute Gasteiger partial charge is 0.357 e. The van der Waals surface area contributed by atoms with Crippen molar-refractivity contribution in [1.82, 2.24) is 19.7 Å². The molecule has 126 valence electrons. The molecule has 0 bridgehead atoms. The van der Waals surface area contributed by atoms with Crippen LogP contribution in [0.3, 0.4) is 0 Å². The highest BCUT2D eigenvalue weighted by Gasteiger charge is 2.34. The zero-order valence-corrected chi connectivity index (χ0v) is 13.1. The Morgan fingerprint density at radius 1 is 1.29 bits per heavy atom. The van der Waals surface area contributed by atoms with Crippen molar-refractivity contribution in [2.24, 2.45) is 7.05 Å². The van der Waals surface area contributed by atoms with Gasteiger partial charge in [-0.25, -0.2) is 9.37 Å². The number of pyridine rings is 1. The third kappa shape index (κ3) is 3.37. The van der Waals surface area contributed by atoms with Gasteiger partial charge in [0.15, 0.2) is 10.8 Å². The molecule has 3 rings (SSSR count). The summed E-state index contributed by atoms with van der Waals surface area (Å²) in [4.78, 5) is 8.28. The molecular formula is C14H11F4N5S. The summed E-state index contributed by atoms with van der Waals surface area (Å²) in [5.74, 6) is -0.441. The molecule has 24 heavy (non-hydrogen) atoms. The molecular weight excluding hydrogens is 346 g/mol. The molecule has 5 nitrogen and oxygen atoms in total. The first-order valence-corrected chi connectivity index (χ1v) is 7.56. The van der Waals surface area contributed by atoms with Gasteiger partial charge in [-0.05, 0) is 12.1 Å². The molecule has 0 radical (unpaired) electrons. The van der Waals surface area contributed by atoms with Crippen molar-refractivity contribution in [3.05, 3.63) is 47.8 Å². The molecule has 0 aliphatic rings. The molecule has 0 saturated heterocycles. The summed E-state index contributed by atoms with van der Waals surface area (Å²) in [5, 5.41) is 6.87. The van der Waals surface area contributed by atoms with E-state index in [1.807, 2.05) is 0 Å². The second-order valence-corrected chi connectivity index (χ2v) is 5.92. The monoisotopic (exact) mass is 357 g/mol. The van der Waals surface area contributed by atoms with Crippen LogP contribution < -0.4 is 5.32 Å². The minimum atomic E-state index is -4.50. The van der Waals surface area contributed by atoms with E-state index < -0.39 is 17.7 Å². The van der Waals surface area contributed by atoms with Crippen molar-refractivity contribution in [2.45, 2.75) is 12.7 Å². The van der Waals surface area contributed by atoms with Crippen molar-refractivity contribution in [3.8, 4) is 10.6 Å². The first kappa shape index (κ1) is 16.4. The lowest BCUT2D eigenvalue weighted by atomic mass is 10.2. The number of halogens is 4. The van der Waals surface area contributed by atoms with Crippen LogP contribution in [0, 0.1) is 5.82 Å². The number of rotatable bonds is 4. The Kier molecular flexibility index (Phi) is 4.22. The average Bonchev–Trinajstić information content (AvgIpc) is 3.12. The maximum Gasteiger partial charge on any atom is 0.435 e. The number of thiazole rings is 1. The van der Waals surface area contributed by atoms with Crippen LogP contribution in [0.5, 0.6) is 0 Å². The number of nitrogens with zero attached hydrogens (tertiary/aromatic N) is 4. The average molecular weight is 357 g/mol. The van der Waals surface area contributed by atoms with Gasteiger partial charge in [0.1, 0.15) is 5.82 Å². The molecule has 0 amide bonds. The van der Waals surface area contributed by atoms with Gasteiger partial charge in [-0.3, -0.25) is 9.67 Å². The maximum atomic E-state index is 13.5. The van der Waals surface area contributed by atoms with Crippen LogP contribution in [0.25, 0.3) is 10.6 Å². The van der Waals surface area contributed by atoms with Gasteiger partial charge < -0.3 is 5.32 Å². The number of aromatic nitrogens is 4. The highest BCUT2D eigenvalue weighted by atomic mass is 32.1. The zero-order valence-electron chi connectivity index (χ0n) is 12.3. The van der Waals surface area contributed by atoms with Crippen molar-refractivity contribution in [2.75, 3.05) is 5.32 Å². The molecule has 0 unspecified atom stereocenters. The van der Waals surface area contributed by atoms with Crippen LogP contribution in [0.4, 0.5) is 22.7 Å². The Hall–Kier alpha value is -2.49. The lowest BCUT2D eigenvalue weighted by Crippen LogP contribution is -2.06. The van der Waals surface area contributed by atoms with E-state index >= 15 is 0 Å². The number of hydrogen-bond acceptors (Lipinski definition) is 5. The summed E-state index contributed by atoms with van der Waals surface area (Å²) in [6.45, 7) is 0.195. The molecule has 0 spiro atoms. The number of anilines is 1. The number of aryl methyl sites for hydroxylation is 1. The van der Waals surface area contributed by atoms with Crippen LogP contribution in [-0.4, -0.2) is 19.7 Å². The third-order valence-corrected chi connectivity index (χ3v) is 4.19. The van der Waals surface area contributed by atoms with E-state index in [-0.39, 0.29) is 6.54 Å². The van der Waals surface area contributed by atoms with Gasteiger partial charge in [0.2, 0.25) is 0 Å². The van der Waals surface area contributed by atoms with Crippen molar-refractivity contribution in [3.63, 3.8) is 0 Å². The molecule has 0 fully saturated rings. The Balaban J connectivity index is 1.76. The fourth-order valence-electron chi connectivity index (χ4n) is 2.03. The molecule has 0 aromatic carbocycles. The SMILES string of the molecule is Cn1nc(C(F)(F)F)cc1-c1cnc(NCc2ccncc2F)s1. The zero-order chi connectivity index (χ0) is 17.3. The van der Waals surface area contributed by atoms with E-state index in [1.54, 1.807) is 0 Å². The largest absolute Gasteiger partial charge is 0.435 e. The third-order valence-electron chi connectivity index (χ3n) is 3.21. The predicted molar refractivity (Wildman–Crippen MR) is 80.8 cm³/mol. The van der Waals surface area contributed by atoms with Crippen molar-refractivity contribution < 1.29 is 17.6 Å². The van der Waals surface area contributed by atoms with Gasteiger partial charge in [0.25, 0.3) is 0 Å². The van der Waals surface area contributed by atoms with E-state index in [2.05, 4.69) is 20.4 Å². The minimum absolute atomic E-state index is 0.195. The van der Waals surface area contributed by atoms with Crippen molar-refractivity contribution in [1.29, 1.82) is 0 Å². The van der Waals surface area contributed by atoms with E-state index in [1.165, 1.54) is 25.5 Å². The fourth-order valence-corrected chi connectivity index (χ4v) is 2.89. The Morgan fingerprint density at radius 2 is 2.08 bits per heavy atom. The van der Waals surface area contributed by atoms with Crippen LogP contribution >= 0.6 is 11.3 Å². The Labute approximate surface area is 138 Å². The quantitative estimate of drug-likeness (QED) is 0.724. The minimum Gasteiger partial charge on any atom is -0.357 e. The summed E-state index contributed by atoms with van der Waals surface area (Å²) >= 11 is 1.16. The lowest BCUT2D eigenvalue weighted by molar-refractivity contribution is -0.141. The highest BCUT2D eigenvalue weighted by molar-refractivity contribution is 7.18. The molecule has 3 heterocycles. The van der Waals surface area contributed by atoms with E-state index in [0.29, 0.717) is 21.3 Å². The van der Waals surface area contributed by atoms with Gasteiger partial charge in [-0.1, -0.05) is 11.3 Å². The molecule has 10 heteroatoms. The summed E-state index contributed by atoms with van der Waals surface area (Å²) in [6, 6.07) is 2.51. The molecule has 3 aromatic rings. The van der Waals surface area contributed by atoms with Gasteiger partial charge in [-0.15, -0.1) is 0 Å². The first-order chi connectivity index (χ1) is 11.3.